The van der Waals surface area contributed by atoms with Gasteiger partial charge in [0.2, 0.25) is 0 Å². The van der Waals surface area contributed by atoms with E-state index in [-0.39, 0.29) is 25.7 Å². The summed E-state index contributed by atoms with van der Waals surface area (Å²) in [6.07, 6.45) is 62.4. The summed E-state index contributed by atoms with van der Waals surface area (Å²) in [7, 11) is -9.92. The molecule has 0 bridgehead atoms. The standard InChI is InChI=1S/C83H162O17P2/c1-8-12-13-14-15-43-50-57-64-80(85)93-70-78(99-83(88)67-60-53-46-39-33-32-36-42-49-56-63-76(7)11-4)72-97-101(89,90)95-68-77(84)69-96-102(91,92)98-73-79(71-94-81(86)65-58-51-44-37-30-26-23-22-25-29-35-41-48-55-62-75(6)10-3)100-82(87)66-59-52-45-38-31-27-21-19-17-16-18-20-24-28-34-40-47-54-61-74(5)9-2/h74-79,84H,8-73H2,1-7H3,(H,89,90)(H,91,92)/t74?,75?,76?,77-,78+,79+/m0/s1. The van der Waals surface area contributed by atoms with E-state index >= 15 is 0 Å². The molecule has 0 heterocycles. The highest BCUT2D eigenvalue weighted by atomic mass is 31.2. The number of ether oxygens (including phenoxy) is 4. The lowest BCUT2D eigenvalue weighted by Crippen LogP contribution is -2.30. The van der Waals surface area contributed by atoms with Crippen LogP contribution < -0.4 is 0 Å². The van der Waals surface area contributed by atoms with Gasteiger partial charge in [0.05, 0.1) is 26.4 Å². The minimum absolute atomic E-state index is 0.106. The summed E-state index contributed by atoms with van der Waals surface area (Å²) in [5.74, 6) is 0.413. The molecule has 606 valence electrons. The fourth-order valence-electron chi connectivity index (χ4n) is 12.7. The highest BCUT2D eigenvalue weighted by Gasteiger charge is 2.30. The van der Waals surface area contributed by atoms with Crippen molar-refractivity contribution in [3.63, 3.8) is 0 Å². The van der Waals surface area contributed by atoms with Crippen LogP contribution in [0.1, 0.15) is 434 Å². The van der Waals surface area contributed by atoms with E-state index in [1.165, 1.54) is 238 Å². The molecular weight excluding hydrogens is 1330 g/mol. The summed E-state index contributed by atoms with van der Waals surface area (Å²) in [5, 5.41) is 10.6. The van der Waals surface area contributed by atoms with Crippen LogP contribution in [0.3, 0.4) is 0 Å². The van der Waals surface area contributed by atoms with Crippen LogP contribution >= 0.6 is 15.6 Å². The number of aliphatic hydroxyl groups excluding tert-OH is 1. The highest BCUT2D eigenvalue weighted by molar-refractivity contribution is 7.47. The highest BCUT2D eigenvalue weighted by Crippen LogP contribution is 2.45. The van der Waals surface area contributed by atoms with Gasteiger partial charge < -0.3 is 33.8 Å². The zero-order valence-electron chi connectivity index (χ0n) is 67.1. The molecule has 0 amide bonds. The largest absolute Gasteiger partial charge is 0.472 e. The van der Waals surface area contributed by atoms with E-state index in [2.05, 4.69) is 48.5 Å². The summed E-state index contributed by atoms with van der Waals surface area (Å²) in [5.41, 5.74) is 0. The number of rotatable bonds is 81. The minimum atomic E-state index is -4.96. The molecule has 0 aromatic heterocycles. The lowest BCUT2D eigenvalue weighted by Gasteiger charge is -2.21. The van der Waals surface area contributed by atoms with E-state index in [0.29, 0.717) is 25.7 Å². The van der Waals surface area contributed by atoms with E-state index in [9.17, 15) is 43.2 Å². The van der Waals surface area contributed by atoms with Crippen molar-refractivity contribution in [1.82, 2.24) is 0 Å². The average molecular weight is 1490 g/mol. The molecule has 0 aliphatic carbocycles. The summed E-state index contributed by atoms with van der Waals surface area (Å²) < 4.78 is 68.7. The molecule has 8 atom stereocenters. The van der Waals surface area contributed by atoms with E-state index in [1.54, 1.807) is 0 Å². The molecule has 0 rings (SSSR count). The molecule has 0 aliphatic rings. The van der Waals surface area contributed by atoms with Gasteiger partial charge in [0, 0.05) is 25.7 Å². The molecular formula is C83H162O17P2. The van der Waals surface area contributed by atoms with Crippen molar-refractivity contribution in [2.75, 3.05) is 39.6 Å². The van der Waals surface area contributed by atoms with Gasteiger partial charge in [0.15, 0.2) is 12.2 Å². The smallest absolute Gasteiger partial charge is 0.462 e. The van der Waals surface area contributed by atoms with Gasteiger partial charge in [0.1, 0.15) is 19.3 Å². The molecule has 19 heteroatoms. The van der Waals surface area contributed by atoms with Crippen molar-refractivity contribution in [2.45, 2.75) is 452 Å². The normalized spacial score (nSPS) is 14.7. The van der Waals surface area contributed by atoms with E-state index in [1.807, 2.05) is 0 Å². The van der Waals surface area contributed by atoms with Gasteiger partial charge >= 0.3 is 39.5 Å². The van der Waals surface area contributed by atoms with Crippen LogP contribution in [-0.2, 0) is 65.4 Å². The van der Waals surface area contributed by atoms with Crippen molar-refractivity contribution >= 4 is 39.5 Å². The Hall–Kier alpha value is -1.94. The Labute approximate surface area is 626 Å². The number of carbonyl (C=O) groups excluding carboxylic acids is 4. The van der Waals surface area contributed by atoms with Crippen LogP contribution in [0.5, 0.6) is 0 Å². The Morgan fingerprint density at radius 3 is 0.696 bits per heavy atom. The fraction of sp³-hybridized carbons (Fsp3) is 0.952. The third-order valence-electron chi connectivity index (χ3n) is 20.5. The molecule has 17 nitrogen and oxygen atoms in total. The molecule has 0 aromatic rings. The Kier molecular flexibility index (Phi) is 71.8. The third-order valence-corrected chi connectivity index (χ3v) is 22.4. The topological polar surface area (TPSA) is 237 Å². The SMILES string of the molecule is CCCCCCCCCCC(=O)OC[C@H](COP(=O)(O)OC[C@H](O)COP(=O)(O)OC[C@@H](COC(=O)CCCCCCCCCCCCCCCCC(C)CC)OC(=O)CCCCCCCCCCCCCCCCCCCCC(C)CC)OC(=O)CCCCCCCCCCCCC(C)CC. The lowest BCUT2D eigenvalue weighted by molar-refractivity contribution is -0.161. The molecule has 0 spiro atoms. The second-order valence-electron chi connectivity index (χ2n) is 30.6. The number of hydrogen-bond acceptors (Lipinski definition) is 15. The quantitative estimate of drug-likeness (QED) is 0.0222. The van der Waals surface area contributed by atoms with Gasteiger partial charge in [-0.05, 0) is 43.4 Å². The number of carbonyl (C=O) groups is 4. The van der Waals surface area contributed by atoms with E-state index in [0.717, 1.165) is 114 Å². The van der Waals surface area contributed by atoms with Gasteiger partial charge in [-0.1, -0.05) is 382 Å². The van der Waals surface area contributed by atoms with Crippen molar-refractivity contribution in [2.24, 2.45) is 17.8 Å². The van der Waals surface area contributed by atoms with Crippen LogP contribution in [0, 0.1) is 17.8 Å². The van der Waals surface area contributed by atoms with Gasteiger partial charge in [0.25, 0.3) is 0 Å². The number of hydrogen-bond donors (Lipinski definition) is 3. The molecule has 3 N–H and O–H groups in total. The monoisotopic (exact) mass is 1490 g/mol. The number of unbranched alkanes of at least 4 members (excludes halogenated alkanes) is 46. The van der Waals surface area contributed by atoms with Gasteiger partial charge in [-0.25, -0.2) is 9.13 Å². The second kappa shape index (κ2) is 73.2. The minimum Gasteiger partial charge on any atom is -0.462 e. The van der Waals surface area contributed by atoms with Gasteiger partial charge in [-0.3, -0.25) is 37.3 Å². The summed E-state index contributed by atoms with van der Waals surface area (Å²) >= 11 is 0. The predicted molar refractivity (Wildman–Crippen MR) is 418 cm³/mol. The van der Waals surface area contributed by atoms with E-state index < -0.39 is 97.5 Å². The molecule has 5 unspecified atom stereocenters. The first kappa shape index (κ1) is 100. The van der Waals surface area contributed by atoms with Crippen molar-refractivity contribution in [3.8, 4) is 0 Å². The van der Waals surface area contributed by atoms with Gasteiger partial charge in [-0.2, -0.15) is 0 Å². The molecule has 0 aliphatic heterocycles. The molecule has 0 radical (unpaired) electrons. The number of esters is 4. The van der Waals surface area contributed by atoms with Crippen molar-refractivity contribution in [1.29, 1.82) is 0 Å². The van der Waals surface area contributed by atoms with Crippen molar-refractivity contribution < 1.29 is 80.2 Å². The summed E-state index contributed by atoms with van der Waals surface area (Å²) in [6.45, 7) is 12.1. The van der Waals surface area contributed by atoms with Gasteiger partial charge in [-0.15, -0.1) is 0 Å². The maximum absolute atomic E-state index is 13.1. The fourth-order valence-corrected chi connectivity index (χ4v) is 14.3. The zero-order chi connectivity index (χ0) is 75.1. The molecule has 0 saturated heterocycles. The van der Waals surface area contributed by atoms with Crippen molar-refractivity contribution in [3.05, 3.63) is 0 Å². The van der Waals surface area contributed by atoms with Crippen LogP contribution in [0.4, 0.5) is 0 Å². The second-order valence-corrected chi connectivity index (χ2v) is 33.5. The Balaban J connectivity index is 5.20. The number of phosphoric acid groups is 2. The molecule has 102 heavy (non-hydrogen) atoms. The summed E-state index contributed by atoms with van der Waals surface area (Å²) in [4.78, 5) is 73.0. The summed E-state index contributed by atoms with van der Waals surface area (Å²) in [6, 6.07) is 0. The number of aliphatic hydroxyl groups is 1. The predicted octanol–water partition coefficient (Wildman–Crippen LogP) is 24.9. The Bertz CT molecular complexity index is 1980. The van der Waals surface area contributed by atoms with E-state index in [4.69, 9.17) is 37.0 Å². The maximum atomic E-state index is 13.1. The lowest BCUT2D eigenvalue weighted by atomic mass is 9.99. The maximum Gasteiger partial charge on any atom is 0.472 e. The first-order valence-corrected chi connectivity index (χ1v) is 46.0. The van der Waals surface area contributed by atoms with Crippen LogP contribution in [0.2, 0.25) is 0 Å². The van der Waals surface area contributed by atoms with Crippen LogP contribution in [0.25, 0.3) is 0 Å². The first-order valence-electron chi connectivity index (χ1n) is 43.0. The number of phosphoric ester groups is 2. The third kappa shape index (κ3) is 72.3. The van der Waals surface area contributed by atoms with Crippen LogP contribution in [0.15, 0.2) is 0 Å². The van der Waals surface area contributed by atoms with Crippen LogP contribution in [-0.4, -0.2) is 96.7 Å². The first-order chi connectivity index (χ1) is 49.3. The molecule has 0 aromatic carbocycles. The average Bonchev–Trinajstić information content (AvgIpc) is 0.915. The molecule has 0 saturated carbocycles. The zero-order valence-corrected chi connectivity index (χ0v) is 68.9. The Morgan fingerprint density at radius 1 is 0.275 bits per heavy atom. The molecule has 0 fully saturated rings. The Morgan fingerprint density at radius 2 is 0.471 bits per heavy atom.